The van der Waals surface area contributed by atoms with Gasteiger partial charge in [-0.05, 0) is 59.6 Å². The van der Waals surface area contributed by atoms with Crippen LogP contribution in [0.25, 0.3) is 0 Å². The van der Waals surface area contributed by atoms with E-state index in [0.29, 0.717) is 21.5 Å². The van der Waals surface area contributed by atoms with E-state index in [4.69, 9.17) is 27.9 Å². The molecule has 22 heavy (non-hydrogen) atoms. The van der Waals surface area contributed by atoms with Crippen LogP contribution in [0.3, 0.4) is 0 Å². The molecule has 1 amide bonds. The molecule has 2 aromatic rings. The number of ether oxygens (including phenoxy) is 1. The van der Waals surface area contributed by atoms with Gasteiger partial charge in [0.15, 0.2) is 6.10 Å². The summed E-state index contributed by atoms with van der Waals surface area (Å²) in [7, 11) is 0. The number of anilines is 1. The third-order valence-corrected chi connectivity index (χ3v) is 4.22. The highest BCUT2D eigenvalue weighted by molar-refractivity contribution is 9.10. The standard InChI is InChI=1S/C16H14BrCl2NO2/c1-9-6-7-14(11(17)8-9)22-10(2)16(21)20-15-12(18)4-3-5-13(15)19/h3-8,10H,1-2H3,(H,20,21)/t10-/m0/s1. The van der Waals surface area contributed by atoms with E-state index >= 15 is 0 Å². The smallest absolute Gasteiger partial charge is 0.265 e. The Bertz CT molecular complexity index is 686. The van der Waals surface area contributed by atoms with Crippen LogP contribution < -0.4 is 10.1 Å². The van der Waals surface area contributed by atoms with Crippen molar-refractivity contribution in [1.82, 2.24) is 0 Å². The lowest BCUT2D eigenvalue weighted by atomic mass is 10.2. The van der Waals surface area contributed by atoms with Crippen molar-refractivity contribution < 1.29 is 9.53 Å². The summed E-state index contributed by atoms with van der Waals surface area (Å²) in [5.74, 6) is 0.265. The van der Waals surface area contributed by atoms with Gasteiger partial charge in [0.25, 0.3) is 5.91 Å². The number of benzene rings is 2. The molecule has 0 heterocycles. The van der Waals surface area contributed by atoms with Crippen LogP contribution in [0.15, 0.2) is 40.9 Å². The van der Waals surface area contributed by atoms with E-state index in [2.05, 4.69) is 21.2 Å². The first-order chi connectivity index (χ1) is 10.4. The zero-order valence-electron chi connectivity index (χ0n) is 12.0. The number of carbonyl (C=O) groups is 1. The molecule has 0 saturated carbocycles. The lowest BCUT2D eigenvalue weighted by Gasteiger charge is -2.17. The maximum Gasteiger partial charge on any atom is 0.265 e. The van der Waals surface area contributed by atoms with Gasteiger partial charge in [0.1, 0.15) is 5.75 Å². The van der Waals surface area contributed by atoms with Crippen LogP contribution in [0.2, 0.25) is 10.0 Å². The number of aryl methyl sites for hydroxylation is 1. The largest absolute Gasteiger partial charge is 0.480 e. The van der Waals surface area contributed by atoms with Crippen molar-refractivity contribution >= 4 is 50.7 Å². The second kappa shape index (κ2) is 7.36. The molecule has 0 aromatic heterocycles. The average Bonchev–Trinajstić information content (AvgIpc) is 2.45. The third kappa shape index (κ3) is 4.15. The minimum Gasteiger partial charge on any atom is -0.480 e. The molecule has 2 rings (SSSR count). The van der Waals surface area contributed by atoms with E-state index in [-0.39, 0.29) is 5.91 Å². The van der Waals surface area contributed by atoms with Gasteiger partial charge in [-0.3, -0.25) is 4.79 Å². The number of rotatable bonds is 4. The number of amides is 1. The number of para-hydroxylation sites is 1. The van der Waals surface area contributed by atoms with Crippen molar-refractivity contribution in [3.8, 4) is 5.75 Å². The Morgan fingerprint density at radius 1 is 1.23 bits per heavy atom. The van der Waals surface area contributed by atoms with Crippen molar-refractivity contribution in [3.63, 3.8) is 0 Å². The fraction of sp³-hybridized carbons (Fsp3) is 0.188. The molecule has 0 unspecified atom stereocenters. The normalized spacial score (nSPS) is 11.9. The number of hydrogen-bond acceptors (Lipinski definition) is 2. The molecule has 1 N–H and O–H groups in total. The quantitative estimate of drug-likeness (QED) is 0.736. The molecule has 1 atom stereocenters. The molecule has 2 aromatic carbocycles. The summed E-state index contributed by atoms with van der Waals surface area (Å²) in [4.78, 5) is 12.2. The lowest BCUT2D eigenvalue weighted by molar-refractivity contribution is -0.122. The van der Waals surface area contributed by atoms with Crippen molar-refractivity contribution in [2.45, 2.75) is 20.0 Å². The van der Waals surface area contributed by atoms with Crippen molar-refractivity contribution in [3.05, 3.63) is 56.5 Å². The number of halogens is 3. The first-order valence-electron chi connectivity index (χ1n) is 6.56. The second-order valence-electron chi connectivity index (χ2n) is 4.78. The summed E-state index contributed by atoms with van der Waals surface area (Å²) in [5.41, 5.74) is 1.48. The van der Waals surface area contributed by atoms with E-state index < -0.39 is 6.10 Å². The highest BCUT2D eigenvalue weighted by Gasteiger charge is 2.18. The predicted molar refractivity (Wildman–Crippen MR) is 94.1 cm³/mol. The third-order valence-electron chi connectivity index (χ3n) is 2.97. The van der Waals surface area contributed by atoms with Gasteiger partial charge in [0, 0.05) is 0 Å². The van der Waals surface area contributed by atoms with E-state index in [9.17, 15) is 4.79 Å². The molecule has 3 nitrogen and oxygen atoms in total. The number of hydrogen-bond donors (Lipinski definition) is 1. The Balaban J connectivity index is 2.09. The Hall–Kier alpha value is -1.23. The van der Waals surface area contributed by atoms with Crippen molar-refractivity contribution in [2.75, 3.05) is 5.32 Å². The molecule has 0 bridgehead atoms. The summed E-state index contributed by atoms with van der Waals surface area (Å²) < 4.78 is 6.46. The van der Waals surface area contributed by atoms with E-state index in [1.165, 1.54) is 0 Å². The summed E-state index contributed by atoms with van der Waals surface area (Å²) in [6, 6.07) is 10.7. The molecular formula is C16H14BrCl2NO2. The summed E-state index contributed by atoms with van der Waals surface area (Å²) in [5, 5.41) is 3.44. The SMILES string of the molecule is Cc1ccc(O[C@@H](C)C(=O)Nc2c(Cl)cccc2Cl)c(Br)c1. The molecule has 116 valence electrons. The highest BCUT2D eigenvalue weighted by Crippen LogP contribution is 2.30. The monoisotopic (exact) mass is 401 g/mol. The minimum atomic E-state index is -0.702. The Kier molecular flexibility index (Phi) is 5.73. The fourth-order valence-electron chi connectivity index (χ4n) is 1.79. The molecule has 0 radical (unpaired) electrons. The Morgan fingerprint density at radius 3 is 2.45 bits per heavy atom. The van der Waals surface area contributed by atoms with E-state index in [1.807, 2.05) is 25.1 Å². The zero-order valence-corrected chi connectivity index (χ0v) is 15.1. The van der Waals surface area contributed by atoms with Crippen molar-refractivity contribution in [2.24, 2.45) is 0 Å². The summed E-state index contributed by atoms with van der Waals surface area (Å²) in [6.07, 6.45) is -0.702. The zero-order chi connectivity index (χ0) is 16.3. The van der Waals surface area contributed by atoms with Crippen LogP contribution >= 0.6 is 39.1 Å². The lowest BCUT2D eigenvalue weighted by Crippen LogP contribution is -2.30. The first kappa shape index (κ1) is 17.1. The minimum absolute atomic E-state index is 0.331. The average molecular weight is 403 g/mol. The molecular weight excluding hydrogens is 389 g/mol. The predicted octanol–water partition coefficient (Wildman–Crippen LogP) is 5.47. The van der Waals surface area contributed by atoms with Gasteiger partial charge in [-0.1, -0.05) is 35.3 Å². The number of nitrogens with one attached hydrogen (secondary N) is 1. The van der Waals surface area contributed by atoms with Gasteiger partial charge in [-0.2, -0.15) is 0 Å². The van der Waals surface area contributed by atoms with E-state index in [0.717, 1.165) is 10.0 Å². The van der Waals surface area contributed by atoms with E-state index in [1.54, 1.807) is 25.1 Å². The molecule has 0 fully saturated rings. The Morgan fingerprint density at radius 2 is 1.86 bits per heavy atom. The van der Waals surface area contributed by atoms with Gasteiger partial charge < -0.3 is 10.1 Å². The maximum absolute atomic E-state index is 12.2. The van der Waals surface area contributed by atoms with Gasteiger partial charge in [-0.15, -0.1) is 0 Å². The maximum atomic E-state index is 12.2. The van der Waals surface area contributed by atoms with Gasteiger partial charge >= 0.3 is 0 Å². The molecule has 0 aliphatic heterocycles. The topological polar surface area (TPSA) is 38.3 Å². The molecule has 0 aliphatic carbocycles. The van der Waals surface area contributed by atoms with Gasteiger partial charge in [0.2, 0.25) is 0 Å². The fourth-order valence-corrected chi connectivity index (χ4v) is 2.87. The van der Waals surface area contributed by atoms with Crippen LogP contribution in [-0.4, -0.2) is 12.0 Å². The van der Waals surface area contributed by atoms with Crippen LogP contribution in [0, 0.1) is 6.92 Å². The van der Waals surface area contributed by atoms with Gasteiger partial charge in [-0.25, -0.2) is 0 Å². The second-order valence-corrected chi connectivity index (χ2v) is 6.45. The molecule has 0 aliphatic rings. The summed E-state index contributed by atoms with van der Waals surface area (Å²) >= 11 is 15.5. The molecule has 0 spiro atoms. The highest BCUT2D eigenvalue weighted by atomic mass is 79.9. The first-order valence-corrected chi connectivity index (χ1v) is 8.11. The van der Waals surface area contributed by atoms with Crippen LogP contribution in [0.1, 0.15) is 12.5 Å². The van der Waals surface area contributed by atoms with Crippen molar-refractivity contribution in [1.29, 1.82) is 0 Å². The van der Waals surface area contributed by atoms with Crippen LogP contribution in [0.4, 0.5) is 5.69 Å². The Labute approximate surface area is 147 Å². The van der Waals surface area contributed by atoms with Crippen LogP contribution in [-0.2, 0) is 4.79 Å². The molecule has 6 heteroatoms. The summed E-state index contributed by atoms with van der Waals surface area (Å²) in [6.45, 7) is 3.64. The van der Waals surface area contributed by atoms with Gasteiger partial charge in [0.05, 0.1) is 20.2 Å². The number of carbonyl (C=O) groups excluding carboxylic acids is 1. The van der Waals surface area contributed by atoms with Crippen LogP contribution in [0.5, 0.6) is 5.75 Å². The molecule has 0 saturated heterocycles.